The van der Waals surface area contributed by atoms with E-state index >= 15 is 0 Å². The van der Waals surface area contributed by atoms with Crippen LogP contribution in [0.1, 0.15) is 5.56 Å². The van der Waals surface area contributed by atoms with Crippen LogP contribution < -0.4 is 0 Å². The summed E-state index contributed by atoms with van der Waals surface area (Å²) in [5.74, 6) is 0. The molecule has 0 aliphatic heterocycles. The maximum absolute atomic E-state index is 10.8. The molecule has 1 amide bonds. The van der Waals surface area contributed by atoms with E-state index in [1.54, 1.807) is 24.3 Å². The molecule has 0 radical (unpaired) electrons. The number of hydroxylamine groups is 2. The molecular weight excluding hydrogens is 206 g/mol. The van der Waals surface area contributed by atoms with Crippen LogP contribution in [0.3, 0.4) is 0 Å². The number of benzene rings is 1. The Morgan fingerprint density at radius 2 is 2.21 bits per heavy atom. The first-order valence-electron chi connectivity index (χ1n) is 3.94. The Bertz CT molecular complexity index is 328. The molecule has 0 saturated carbocycles. The second-order valence-electron chi connectivity index (χ2n) is 2.67. The molecule has 1 aromatic rings. The Morgan fingerprint density at radius 1 is 1.57 bits per heavy atom. The van der Waals surface area contributed by atoms with Crippen molar-refractivity contribution in [3.8, 4) is 0 Å². The summed E-state index contributed by atoms with van der Waals surface area (Å²) in [7, 11) is 1.19. The van der Waals surface area contributed by atoms with Crippen LogP contribution in [0.4, 0.5) is 4.79 Å². The van der Waals surface area contributed by atoms with Crippen molar-refractivity contribution < 1.29 is 14.7 Å². The van der Waals surface area contributed by atoms with E-state index in [2.05, 4.69) is 0 Å². The predicted octanol–water partition coefficient (Wildman–Crippen LogP) is 2.30. The number of nitrogens with zero attached hydrogens (tertiary/aromatic N) is 1. The molecule has 0 unspecified atom stereocenters. The van der Waals surface area contributed by atoms with Gasteiger partial charge in [-0.2, -0.15) is 5.06 Å². The van der Waals surface area contributed by atoms with E-state index in [-0.39, 0.29) is 6.61 Å². The van der Waals surface area contributed by atoms with E-state index in [1.807, 2.05) is 0 Å². The van der Waals surface area contributed by atoms with Crippen LogP contribution in [0.25, 0.3) is 0 Å². The minimum atomic E-state index is -0.815. The molecule has 5 heteroatoms. The van der Waals surface area contributed by atoms with Crippen molar-refractivity contribution in [1.29, 1.82) is 0 Å². The maximum atomic E-state index is 10.8. The fourth-order valence-corrected chi connectivity index (χ4v) is 1.04. The van der Waals surface area contributed by atoms with Crippen molar-refractivity contribution in [3.05, 3.63) is 34.9 Å². The molecule has 76 valence electrons. The monoisotopic (exact) mass is 215 g/mol. The second-order valence-corrected chi connectivity index (χ2v) is 3.08. The summed E-state index contributed by atoms with van der Waals surface area (Å²) in [4.78, 5) is 10.8. The topological polar surface area (TPSA) is 49.8 Å². The zero-order valence-corrected chi connectivity index (χ0v) is 8.36. The first-order chi connectivity index (χ1) is 6.61. The number of halogens is 1. The molecule has 0 fully saturated rings. The Hall–Kier alpha value is -1.26. The second kappa shape index (κ2) is 4.83. The van der Waals surface area contributed by atoms with Crippen LogP contribution in [0.2, 0.25) is 5.02 Å². The smallest absolute Gasteiger partial charge is 0.433 e. The molecule has 0 spiro atoms. The quantitative estimate of drug-likeness (QED) is 0.608. The molecule has 0 aliphatic carbocycles. The Labute approximate surface area is 86.6 Å². The molecule has 1 aromatic carbocycles. The number of carbonyl (C=O) groups excluding carboxylic acids is 1. The van der Waals surface area contributed by atoms with Crippen LogP contribution in [0.15, 0.2) is 24.3 Å². The molecule has 0 aromatic heterocycles. The van der Waals surface area contributed by atoms with Crippen LogP contribution in [0.5, 0.6) is 0 Å². The van der Waals surface area contributed by atoms with Gasteiger partial charge >= 0.3 is 6.09 Å². The number of hydrogen-bond donors (Lipinski definition) is 1. The zero-order chi connectivity index (χ0) is 10.6. The first kappa shape index (κ1) is 10.8. The van der Waals surface area contributed by atoms with Crippen molar-refractivity contribution in [2.45, 2.75) is 6.61 Å². The van der Waals surface area contributed by atoms with Gasteiger partial charge in [-0.15, -0.1) is 0 Å². The number of carbonyl (C=O) groups is 1. The van der Waals surface area contributed by atoms with E-state index in [0.717, 1.165) is 0 Å². The maximum Gasteiger partial charge on any atom is 0.433 e. The molecule has 0 bridgehead atoms. The predicted molar refractivity (Wildman–Crippen MR) is 51.2 cm³/mol. The lowest BCUT2D eigenvalue weighted by atomic mass is 10.2. The van der Waals surface area contributed by atoms with Crippen LogP contribution in [0, 0.1) is 0 Å². The molecule has 14 heavy (non-hydrogen) atoms. The number of hydrogen-bond acceptors (Lipinski definition) is 3. The molecular formula is C9H10ClNO3. The Kier molecular flexibility index (Phi) is 3.73. The van der Waals surface area contributed by atoms with Crippen LogP contribution >= 0.6 is 11.6 Å². The van der Waals surface area contributed by atoms with Gasteiger partial charge in [0.2, 0.25) is 0 Å². The summed E-state index contributed by atoms with van der Waals surface area (Å²) in [6.07, 6.45) is -0.815. The number of amides is 1. The van der Waals surface area contributed by atoms with Crippen LogP contribution in [-0.2, 0) is 11.3 Å². The average molecular weight is 216 g/mol. The largest absolute Gasteiger partial charge is 0.443 e. The van der Waals surface area contributed by atoms with Gasteiger partial charge in [0.25, 0.3) is 0 Å². The number of ether oxygens (including phenoxy) is 1. The van der Waals surface area contributed by atoms with Crippen molar-refractivity contribution in [2.24, 2.45) is 0 Å². The highest BCUT2D eigenvalue weighted by atomic mass is 35.5. The van der Waals surface area contributed by atoms with Crippen molar-refractivity contribution in [2.75, 3.05) is 7.05 Å². The van der Waals surface area contributed by atoms with Crippen LogP contribution in [-0.4, -0.2) is 23.4 Å². The van der Waals surface area contributed by atoms with Gasteiger partial charge in [-0.1, -0.05) is 29.8 Å². The lowest BCUT2D eigenvalue weighted by Gasteiger charge is -2.09. The third-order valence-electron chi connectivity index (χ3n) is 1.57. The minimum Gasteiger partial charge on any atom is -0.443 e. The molecule has 0 aliphatic rings. The van der Waals surface area contributed by atoms with Gasteiger partial charge in [0.1, 0.15) is 6.61 Å². The van der Waals surface area contributed by atoms with E-state index in [9.17, 15) is 4.79 Å². The summed E-state index contributed by atoms with van der Waals surface area (Å²) >= 11 is 5.82. The SMILES string of the molecule is CN(O)C(=O)OCc1ccccc1Cl. The third kappa shape index (κ3) is 2.90. The fraction of sp³-hybridized carbons (Fsp3) is 0.222. The summed E-state index contributed by atoms with van der Waals surface area (Å²) in [5, 5.41) is 9.59. The normalized spacial score (nSPS) is 9.64. The van der Waals surface area contributed by atoms with Gasteiger partial charge in [-0.05, 0) is 6.07 Å². The molecule has 1 N–H and O–H groups in total. The average Bonchev–Trinajstić information content (AvgIpc) is 2.16. The third-order valence-corrected chi connectivity index (χ3v) is 1.94. The highest BCUT2D eigenvalue weighted by molar-refractivity contribution is 6.31. The molecule has 0 atom stereocenters. The number of rotatable bonds is 2. The summed E-state index contributed by atoms with van der Waals surface area (Å²) in [5.41, 5.74) is 0.698. The van der Waals surface area contributed by atoms with Crippen molar-refractivity contribution >= 4 is 17.7 Å². The van der Waals surface area contributed by atoms with E-state index < -0.39 is 6.09 Å². The molecule has 1 rings (SSSR count). The molecule has 0 heterocycles. The van der Waals surface area contributed by atoms with E-state index in [0.29, 0.717) is 15.6 Å². The van der Waals surface area contributed by atoms with E-state index in [1.165, 1.54) is 7.05 Å². The molecule has 0 saturated heterocycles. The van der Waals surface area contributed by atoms with Gasteiger partial charge < -0.3 is 4.74 Å². The van der Waals surface area contributed by atoms with Crippen molar-refractivity contribution in [1.82, 2.24) is 5.06 Å². The summed E-state index contributed by atoms with van der Waals surface area (Å²) < 4.78 is 4.72. The minimum absolute atomic E-state index is 0.0450. The van der Waals surface area contributed by atoms with Gasteiger partial charge in [0.15, 0.2) is 0 Å². The Morgan fingerprint density at radius 3 is 2.79 bits per heavy atom. The van der Waals surface area contributed by atoms with Gasteiger partial charge in [-0.25, -0.2) is 4.79 Å². The lowest BCUT2D eigenvalue weighted by Crippen LogP contribution is -2.23. The standard InChI is InChI=1S/C9H10ClNO3/c1-11(13)9(12)14-6-7-4-2-3-5-8(7)10/h2-5,13H,6H2,1H3. The van der Waals surface area contributed by atoms with Crippen molar-refractivity contribution in [3.63, 3.8) is 0 Å². The van der Waals surface area contributed by atoms with E-state index in [4.69, 9.17) is 21.5 Å². The highest BCUT2D eigenvalue weighted by Crippen LogP contribution is 2.15. The Balaban J connectivity index is 2.54. The molecule has 4 nitrogen and oxygen atoms in total. The van der Waals surface area contributed by atoms with Gasteiger partial charge in [0, 0.05) is 17.6 Å². The zero-order valence-electron chi connectivity index (χ0n) is 7.61. The lowest BCUT2D eigenvalue weighted by molar-refractivity contribution is -0.0551. The fourth-order valence-electron chi connectivity index (χ4n) is 0.848. The van der Waals surface area contributed by atoms with Gasteiger partial charge in [0.05, 0.1) is 0 Å². The first-order valence-corrected chi connectivity index (χ1v) is 4.32. The van der Waals surface area contributed by atoms with Gasteiger partial charge in [-0.3, -0.25) is 5.21 Å². The summed E-state index contributed by atoms with van der Waals surface area (Å²) in [6.45, 7) is 0.0450. The summed E-state index contributed by atoms with van der Waals surface area (Å²) in [6, 6.07) is 7.02. The highest BCUT2D eigenvalue weighted by Gasteiger charge is 2.07.